The second-order valence-electron chi connectivity index (χ2n) is 5.50. The van der Waals surface area contributed by atoms with Crippen LogP contribution in [0.1, 0.15) is 17.5 Å². The van der Waals surface area contributed by atoms with Crippen LogP contribution in [0.4, 0.5) is 9.18 Å². The molecule has 1 fully saturated rings. The molecular weight excluding hydrogens is 285 g/mol. The fourth-order valence-electron chi connectivity index (χ4n) is 2.32. The van der Waals surface area contributed by atoms with Crippen molar-refractivity contribution >= 4 is 6.03 Å². The van der Waals surface area contributed by atoms with Crippen LogP contribution in [0, 0.1) is 12.7 Å². The minimum Gasteiger partial charge on any atom is -0.379 e. The van der Waals surface area contributed by atoms with Crippen LogP contribution < -0.4 is 10.6 Å². The van der Waals surface area contributed by atoms with Gasteiger partial charge in [-0.2, -0.15) is 0 Å². The standard InChI is InChI=1S/C16H24FN3O2/c1-13-3-4-14(11-15(13)17)12-19-16(21)18-5-2-6-20-7-9-22-10-8-20/h3-4,11H,2,5-10,12H2,1H3,(H2,18,19,21). The van der Waals surface area contributed by atoms with Crippen molar-refractivity contribution in [1.29, 1.82) is 0 Å². The van der Waals surface area contributed by atoms with E-state index in [4.69, 9.17) is 4.74 Å². The number of ether oxygens (including phenoxy) is 1. The summed E-state index contributed by atoms with van der Waals surface area (Å²) in [5, 5.41) is 5.55. The van der Waals surface area contributed by atoms with Crippen molar-refractivity contribution in [3.8, 4) is 0 Å². The van der Waals surface area contributed by atoms with Gasteiger partial charge in [0.05, 0.1) is 13.2 Å². The lowest BCUT2D eigenvalue weighted by atomic mass is 10.1. The summed E-state index contributed by atoms with van der Waals surface area (Å²) in [6.45, 7) is 7.15. The Kier molecular flexibility index (Phi) is 6.61. The first-order valence-corrected chi connectivity index (χ1v) is 7.72. The van der Waals surface area contributed by atoms with Crippen LogP contribution >= 0.6 is 0 Å². The Hall–Kier alpha value is -1.66. The summed E-state index contributed by atoms with van der Waals surface area (Å²) in [6.07, 6.45) is 0.909. The molecule has 1 aromatic carbocycles. The molecule has 6 heteroatoms. The molecule has 0 aliphatic carbocycles. The molecule has 0 bridgehead atoms. The molecule has 1 aliphatic heterocycles. The Balaban J connectivity index is 1.58. The molecule has 0 atom stereocenters. The molecule has 1 saturated heterocycles. The second-order valence-corrected chi connectivity index (χ2v) is 5.50. The summed E-state index contributed by atoms with van der Waals surface area (Å²) < 4.78 is 18.7. The molecule has 5 nitrogen and oxygen atoms in total. The van der Waals surface area contributed by atoms with Gasteiger partial charge in [0.2, 0.25) is 0 Å². The average molecular weight is 309 g/mol. The third kappa shape index (κ3) is 5.61. The van der Waals surface area contributed by atoms with E-state index >= 15 is 0 Å². The van der Waals surface area contributed by atoms with Crippen LogP contribution in [-0.2, 0) is 11.3 Å². The molecule has 1 aliphatic rings. The zero-order chi connectivity index (χ0) is 15.8. The van der Waals surface area contributed by atoms with E-state index < -0.39 is 0 Å². The SMILES string of the molecule is Cc1ccc(CNC(=O)NCCCN2CCOCC2)cc1F. The average Bonchev–Trinajstić information content (AvgIpc) is 2.54. The van der Waals surface area contributed by atoms with Gasteiger partial charge in [0.1, 0.15) is 5.82 Å². The minimum absolute atomic E-state index is 0.219. The van der Waals surface area contributed by atoms with Crippen molar-refractivity contribution in [2.24, 2.45) is 0 Å². The van der Waals surface area contributed by atoms with Gasteiger partial charge in [-0.15, -0.1) is 0 Å². The summed E-state index contributed by atoms with van der Waals surface area (Å²) in [5.41, 5.74) is 1.36. The van der Waals surface area contributed by atoms with Gasteiger partial charge >= 0.3 is 6.03 Å². The molecule has 122 valence electrons. The Morgan fingerprint density at radius 3 is 2.82 bits per heavy atom. The molecule has 0 unspecified atom stereocenters. The maximum Gasteiger partial charge on any atom is 0.315 e. The number of hydrogen-bond donors (Lipinski definition) is 2. The summed E-state index contributed by atoms with van der Waals surface area (Å²) in [6, 6.07) is 4.76. The molecule has 2 rings (SSSR count). The van der Waals surface area contributed by atoms with Gasteiger partial charge in [0.15, 0.2) is 0 Å². The van der Waals surface area contributed by atoms with E-state index in [0.29, 0.717) is 18.7 Å². The summed E-state index contributed by atoms with van der Waals surface area (Å²) in [4.78, 5) is 14.0. The number of carbonyl (C=O) groups excluding carboxylic acids is 1. The summed E-state index contributed by atoms with van der Waals surface area (Å²) in [5.74, 6) is -0.245. The molecule has 2 amide bonds. The lowest BCUT2D eigenvalue weighted by Crippen LogP contribution is -2.39. The Labute approximate surface area is 130 Å². The topological polar surface area (TPSA) is 53.6 Å². The highest BCUT2D eigenvalue weighted by Gasteiger charge is 2.09. The maximum atomic E-state index is 13.4. The van der Waals surface area contributed by atoms with Crippen LogP contribution in [0.2, 0.25) is 0 Å². The Bertz CT molecular complexity index is 490. The highest BCUT2D eigenvalue weighted by molar-refractivity contribution is 5.73. The van der Waals surface area contributed by atoms with Gasteiger partial charge in [0.25, 0.3) is 0 Å². The predicted octanol–water partition coefficient (Wildman–Crippen LogP) is 1.66. The van der Waals surface area contributed by atoms with E-state index in [-0.39, 0.29) is 11.8 Å². The minimum atomic E-state index is -0.245. The lowest BCUT2D eigenvalue weighted by molar-refractivity contribution is 0.0375. The number of benzene rings is 1. The molecule has 1 aromatic rings. The molecule has 22 heavy (non-hydrogen) atoms. The van der Waals surface area contributed by atoms with Crippen LogP contribution in [0.5, 0.6) is 0 Å². The van der Waals surface area contributed by atoms with Crippen molar-refractivity contribution < 1.29 is 13.9 Å². The number of rotatable bonds is 6. The van der Waals surface area contributed by atoms with Gasteiger partial charge in [-0.3, -0.25) is 4.90 Å². The van der Waals surface area contributed by atoms with E-state index in [2.05, 4.69) is 15.5 Å². The van der Waals surface area contributed by atoms with Gasteiger partial charge in [-0.1, -0.05) is 12.1 Å². The number of amides is 2. The largest absolute Gasteiger partial charge is 0.379 e. The first-order valence-electron chi connectivity index (χ1n) is 7.72. The number of morpholine rings is 1. The van der Waals surface area contributed by atoms with Crippen LogP contribution in [-0.4, -0.2) is 50.3 Å². The lowest BCUT2D eigenvalue weighted by Gasteiger charge is -2.26. The maximum absolute atomic E-state index is 13.4. The van der Waals surface area contributed by atoms with Crippen molar-refractivity contribution in [2.75, 3.05) is 39.4 Å². The third-order valence-corrected chi connectivity index (χ3v) is 3.73. The molecular formula is C16H24FN3O2. The third-order valence-electron chi connectivity index (χ3n) is 3.73. The van der Waals surface area contributed by atoms with E-state index in [1.165, 1.54) is 6.07 Å². The smallest absolute Gasteiger partial charge is 0.315 e. The number of hydrogen-bond acceptors (Lipinski definition) is 3. The first kappa shape index (κ1) is 16.7. The van der Waals surface area contributed by atoms with Crippen molar-refractivity contribution in [3.63, 3.8) is 0 Å². The van der Waals surface area contributed by atoms with E-state index in [1.54, 1.807) is 13.0 Å². The fourth-order valence-corrected chi connectivity index (χ4v) is 2.32. The van der Waals surface area contributed by atoms with Gasteiger partial charge < -0.3 is 15.4 Å². The molecule has 0 radical (unpaired) electrons. The van der Waals surface area contributed by atoms with Gasteiger partial charge in [-0.05, 0) is 37.1 Å². The number of halogens is 1. The number of aryl methyl sites for hydroxylation is 1. The number of carbonyl (C=O) groups is 1. The van der Waals surface area contributed by atoms with Crippen LogP contribution in [0.25, 0.3) is 0 Å². The zero-order valence-electron chi connectivity index (χ0n) is 13.0. The summed E-state index contributed by atoms with van der Waals surface area (Å²) >= 11 is 0. The monoisotopic (exact) mass is 309 g/mol. The second kappa shape index (κ2) is 8.70. The highest BCUT2D eigenvalue weighted by Crippen LogP contribution is 2.08. The Morgan fingerprint density at radius 1 is 1.32 bits per heavy atom. The molecule has 2 N–H and O–H groups in total. The van der Waals surface area contributed by atoms with Crippen molar-refractivity contribution in [1.82, 2.24) is 15.5 Å². The molecule has 0 spiro atoms. The fraction of sp³-hybridized carbons (Fsp3) is 0.562. The van der Waals surface area contributed by atoms with Crippen molar-refractivity contribution in [2.45, 2.75) is 19.9 Å². The quantitative estimate of drug-likeness (QED) is 0.786. The molecule has 0 saturated carbocycles. The number of nitrogens with one attached hydrogen (secondary N) is 2. The zero-order valence-corrected chi connectivity index (χ0v) is 13.0. The van der Waals surface area contributed by atoms with E-state index in [9.17, 15) is 9.18 Å². The molecule has 0 aromatic heterocycles. The van der Waals surface area contributed by atoms with E-state index in [1.807, 2.05) is 6.07 Å². The van der Waals surface area contributed by atoms with Gasteiger partial charge in [-0.25, -0.2) is 9.18 Å². The summed E-state index contributed by atoms with van der Waals surface area (Å²) in [7, 11) is 0. The van der Waals surface area contributed by atoms with Gasteiger partial charge in [0, 0.05) is 26.2 Å². The van der Waals surface area contributed by atoms with Crippen molar-refractivity contribution in [3.05, 3.63) is 35.1 Å². The van der Waals surface area contributed by atoms with E-state index in [0.717, 1.165) is 44.8 Å². The first-order chi connectivity index (χ1) is 10.6. The van der Waals surface area contributed by atoms with Crippen LogP contribution in [0.15, 0.2) is 18.2 Å². The Morgan fingerprint density at radius 2 is 2.09 bits per heavy atom. The molecule has 1 heterocycles. The number of urea groups is 1. The number of nitrogens with zero attached hydrogens (tertiary/aromatic N) is 1. The predicted molar refractivity (Wildman–Crippen MR) is 83.3 cm³/mol. The highest BCUT2D eigenvalue weighted by atomic mass is 19.1. The van der Waals surface area contributed by atoms with Crippen LogP contribution in [0.3, 0.4) is 0 Å². The normalized spacial score (nSPS) is 15.5.